The lowest BCUT2D eigenvalue weighted by Crippen LogP contribution is -2.28. The van der Waals surface area contributed by atoms with Gasteiger partial charge in [0.1, 0.15) is 17.6 Å². The van der Waals surface area contributed by atoms with Crippen LogP contribution >= 0.6 is 0 Å². The maximum absolute atomic E-state index is 13.9. The van der Waals surface area contributed by atoms with Crippen molar-refractivity contribution in [1.29, 1.82) is 0 Å². The molecule has 1 unspecified atom stereocenters. The van der Waals surface area contributed by atoms with Gasteiger partial charge >= 0.3 is 0 Å². The van der Waals surface area contributed by atoms with E-state index in [1.807, 2.05) is 0 Å². The van der Waals surface area contributed by atoms with Crippen LogP contribution in [0.5, 0.6) is 5.75 Å². The Hall–Kier alpha value is -2.40. The van der Waals surface area contributed by atoms with Crippen LogP contribution in [0.25, 0.3) is 0 Å². The van der Waals surface area contributed by atoms with Gasteiger partial charge < -0.3 is 10.5 Å². The zero-order valence-electron chi connectivity index (χ0n) is 10.8. The van der Waals surface area contributed by atoms with E-state index < -0.39 is 11.9 Å². The number of para-hydroxylation sites is 1. The molecule has 5 heteroatoms. The van der Waals surface area contributed by atoms with E-state index in [4.69, 9.17) is 10.5 Å². The summed E-state index contributed by atoms with van der Waals surface area (Å²) in [6, 6.07) is 10.5. The molecule has 0 saturated carbocycles. The zero-order valence-corrected chi connectivity index (χ0v) is 10.8. The molecule has 1 atom stereocenters. The average molecular weight is 272 g/mol. The molecule has 102 valence electrons. The number of methoxy groups -OCH3 is 1. The molecule has 2 N–H and O–H groups in total. The first-order valence-electron chi connectivity index (χ1n) is 6.15. The van der Waals surface area contributed by atoms with Crippen LogP contribution in [0.2, 0.25) is 0 Å². The molecule has 20 heavy (non-hydrogen) atoms. The molecule has 0 radical (unpaired) electrons. The Bertz CT molecular complexity index is 687. The molecule has 0 spiro atoms. The summed E-state index contributed by atoms with van der Waals surface area (Å²) in [5.74, 6) is -0.197. The number of anilines is 2. The largest absolute Gasteiger partial charge is 0.497 e. The quantitative estimate of drug-likeness (QED) is 0.914. The summed E-state index contributed by atoms with van der Waals surface area (Å²) < 4.78 is 19.1. The number of nitrogens with zero attached hydrogens (tertiary/aromatic N) is 1. The van der Waals surface area contributed by atoms with Crippen molar-refractivity contribution in [3.63, 3.8) is 0 Å². The second kappa shape index (κ2) is 4.61. The summed E-state index contributed by atoms with van der Waals surface area (Å²) in [4.78, 5) is 13.6. The molecule has 2 aromatic rings. The van der Waals surface area contributed by atoms with E-state index in [1.54, 1.807) is 43.5 Å². The SMILES string of the molecule is COc1ccc2c(c1)C(N)C(=O)N2c1ccccc1F. The third kappa shape index (κ3) is 1.75. The predicted octanol–water partition coefficient (Wildman–Crippen LogP) is 2.51. The van der Waals surface area contributed by atoms with Crippen LogP contribution < -0.4 is 15.4 Å². The molecular weight excluding hydrogens is 259 g/mol. The minimum Gasteiger partial charge on any atom is -0.497 e. The van der Waals surface area contributed by atoms with Crippen molar-refractivity contribution in [2.75, 3.05) is 12.0 Å². The van der Waals surface area contributed by atoms with Gasteiger partial charge in [-0.25, -0.2) is 4.39 Å². The van der Waals surface area contributed by atoms with Crippen LogP contribution in [-0.2, 0) is 4.79 Å². The van der Waals surface area contributed by atoms with Crippen LogP contribution in [0, 0.1) is 5.82 Å². The average Bonchev–Trinajstić information content (AvgIpc) is 2.71. The molecule has 0 saturated heterocycles. The number of carbonyl (C=O) groups is 1. The Labute approximate surface area is 115 Å². The number of rotatable bonds is 2. The number of fused-ring (bicyclic) bond motifs is 1. The number of benzene rings is 2. The summed E-state index contributed by atoms with van der Waals surface area (Å²) in [5.41, 5.74) is 7.36. The van der Waals surface area contributed by atoms with Crippen molar-refractivity contribution < 1.29 is 13.9 Å². The van der Waals surface area contributed by atoms with Gasteiger partial charge in [-0.1, -0.05) is 12.1 Å². The van der Waals surface area contributed by atoms with Gasteiger partial charge in [-0.3, -0.25) is 9.69 Å². The van der Waals surface area contributed by atoms with Crippen LogP contribution in [0.1, 0.15) is 11.6 Å². The molecule has 4 nitrogen and oxygen atoms in total. The second-order valence-electron chi connectivity index (χ2n) is 4.53. The van der Waals surface area contributed by atoms with Gasteiger partial charge in [-0.2, -0.15) is 0 Å². The van der Waals surface area contributed by atoms with Gasteiger partial charge in [-0.05, 0) is 30.3 Å². The first-order valence-corrected chi connectivity index (χ1v) is 6.15. The molecule has 0 fully saturated rings. The summed E-state index contributed by atoms with van der Waals surface area (Å²) in [7, 11) is 1.54. The Kier molecular flexibility index (Phi) is 2.91. The summed E-state index contributed by atoms with van der Waals surface area (Å²) in [5, 5.41) is 0. The van der Waals surface area contributed by atoms with E-state index in [2.05, 4.69) is 0 Å². The van der Waals surface area contributed by atoms with Gasteiger partial charge in [0.2, 0.25) is 0 Å². The van der Waals surface area contributed by atoms with Crippen LogP contribution in [0.4, 0.5) is 15.8 Å². The third-order valence-corrected chi connectivity index (χ3v) is 3.39. The van der Waals surface area contributed by atoms with Gasteiger partial charge in [0, 0.05) is 5.56 Å². The fraction of sp³-hybridized carbons (Fsp3) is 0.133. The highest BCUT2D eigenvalue weighted by Gasteiger charge is 2.37. The van der Waals surface area contributed by atoms with Gasteiger partial charge in [0.15, 0.2) is 0 Å². The minimum atomic E-state index is -0.806. The Balaban J connectivity index is 2.16. The molecule has 1 amide bonds. The molecule has 0 aromatic heterocycles. The van der Waals surface area contributed by atoms with Crippen LogP contribution in [-0.4, -0.2) is 13.0 Å². The maximum atomic E-state index is 13.9. The second-order valence-corrected chi connectivity index (χ2v) is 4.53. The summed E-state index contributed by atoms with van der Waals surface area (Å²) in [6.45, 7) is 0. The Morgan fingerprint density at radius 3 is 2.65 bits per heavy atom. The van der Waals surface area contributed by atoms with Crippen molar-refractivity contribution in [3.8, 4) is 5.75 Å². The normalized spacial score (nSPS) is 17.2. The van der Waals surface area contributed by atoms with E-state index >= 15 is 0 Å². The number of halogens is 1. The van der Waals surface area contributed by atoms with Crippen LogP contribution in [0.3, 0.4) is 0 Å². The molecule has 1 aliphatic heterocycles. The van der Waals surface area contributed by atoms with Crippen LogP contribution in [0.15, 0.2) is 42.5 Å². The number of hydrogen-bond acceptors (Lipinski definition) is 3. The van der Waals surface area contributed by atoms with E-state index in [0.29, 0.717) is 17.0 Å². The zero-order chi connectivity index (χ0) is 14.3. The number of amides is 1. The number of carbonyl (C=O) groups excluding carboxylic acids is 1. The number of ether oxygens (including phenoxy) is 1. The Morgan fingerprint density at radius 1 is 1.20 bits per heavy atom. The molecule has 2 aromatic carbocycles. The minimum absolute atomic E-state index is 0.205. The van der Waals surface area contributed by atoms with Gasteiger partial charge in [-0.15, -0.1) is 0 Å². The maximum Gasteiger partial charge on any atom is 0.253 e. The van der Waals surface area contributed by atoms with Gasteiger partial charge in [0.25, 0.3) is 5.91 Å². The lowest BCUT2D eigenvalue weighted by atomic mass is 10.1. The molecule has 0 aliphatic carbocycles. The molecular formula is C15H13FN2O2. The number of nitrogens with two attached hydrogens (primary N) is 1. The van der Waals surface area contributed by atoms with E-state index in [0.717, 1.165) is 0 Å². The molecule has 0 bridgehead atoms. The van der Waals surface area contributed by atoms with Gasteiger partial charge in [0.05, 0.1) is 18.5 Å². The van der Waals surface area contributed by atoms with Crippen molar-refractivity contribution in [1.82, 2.24) is 0 Å². The lowest BCUT2D eigenvalue weighted by molar-refractivity contribution is -0.118. The molecule has 1 aliphatic rings. The highest BCUT2D eigenvalue weighted by molar-refractivity contribution is 6.10. The predicted molar refractivity (Wildman–Crippen MR) is 73.5 cm³/mol. The standard InChI is InChI=1S/C15H13FN2O2/c1-20-9-6-7-12-10(8-9)14(17)15(19)18(12)13-5-3-2-4-11(13)16/h2-8,14H,17H2,1H3. The highest BCUT2D eigenvalue weighted by atomic mass is 19.1. The highest BCUT2D eigenvalue weighted by Crippen LogP contribution is 2.42. The number of hydrogen-bond donors (Lipinski definition) is 1. The summed E-state index contributed by atoms with van der Waals surface area (Å²) in [6.07, 6.45) is 0. The van der Waals surface area contributed by atoms with E-state index in [9.17, 15) is 9.18 Å². The van der Waals surface area contributed by atoms with Crippen molar-refractivity contribution in [3.05, 3.63) is 53.8 Å². The fourth-order valence-electron chi connectivity index (χ4n) is 2.38. The third-order valence-electron chi connectivity index (χ3n) is 3.39. The monoisotopic (exact) mass is 272 g/mol. The van der Waals surface area contributed by atoms with Crippen molar-refractivity contribution in [2.45, 2.75) is 6.04 Å². The summed E-state index contributed by atoms with van der Waals surface area (Å²) >= 11 is 0. The van der Waals surface area contributed by atoms with Crippen molar-refractivity contribution in [2.24, 2.45) is 5.73 Å². The fourth-order valence-corrected chi connectivity index (χ4v) is 2.38. The topological polar surface area (TPSA) is 55.6 Å². The lowest BCUT2D eigenvalue weighted by Gasteiger charge is -2.18. The molecule has 1 heterocycles. The Morgan fingerprint density at radius 2 is 1.95 bits per heavy atom. The first kappa shape index (κ1) is 12.6. The van der Waals surface area contributed by atoms with Crippen molar-refractivity contribution >= 4 is 17.3 Å². The van der Waals surface area contributed by atoms with E-state index in [-0.39, 0.29) is 11.6 Å². The smallest absolute Gasteiger partial charge is 0.253 e. The van der Waals surface area contributed by atoms with E-state index in [1.165, 1.54) is 11.0 Å². The molecule has 3 rings (SSSR count). The first-order chi connectivity index (χ1) is 9.63.